The maximum atomic E-state index is 11.7. The normalized spacial score (nSPS) is 18.8. The fourth-order valence-electron chi connectivity index (χ4n) is 1.94. The van der Waals surface area contributed by atoms with E-state index in [1.54, 1.807) is 0 Å². The van der Waals surface area contributed by atoms with E-state index in [0.29, 0.717) is 0 Å². The number of hydrogen-bond acceptors (Lipinski definition) is 3. The second-order valence-electron chi connectivity index (χ2n) is 5.53. The van der Waals surface area contributed by atoms with E-state index in [2.05, 4.69) is 17.8 Å². The zero-order chi connectivity index (χ0) is 14.6. The summed E-state index contributed by atoms with van der Waals surface area (Å²) in [6.45, 7) is 6.70. The molecule has 1 aliphatic heterocycles. The minimum absolute atomic E-state index is 0.0109. The molecule has 2 N–H and O–H groups in total. The Morgan fingerprint density at radius 2 is 1.90 bits per heavy atom. The highest BCUT2D eigenvalue weighted by atomic mass is 16.5. The summed E-state index contributed by atoms with van der Waals surface area (Å²) in [5.74, 6) is 0.872. The molecule has 2 rings (SSSR count). The summed E-state index contributed by atoms with van der Waals surface area (Å²) < 4.78 is 5.63. The summed E-state index contributed by atoms with van der Waals surface area (Å²) in [4.78, 5) is 11.7. The Morgan fingerprint density at radius 1 is 1.20 bits per heavy atom. The monoisotopic (exact) mass is 274 g/mol. The summed E-state index contributed by atoms with van der Waals surface area (Å²) in [6.07, 6.45) is 4.18. The van der Waals surface area contributed by atoms with Crippen molar-refractivity contribution in [2.24, 2.45) is 5.41 Å². The molecule has 0 saturated carbocycles. The van der Waals surface area contributed by atoms with E-state index < -0.39 is 5.41 Å². The molecule has 0 unspecified atom stereocenters. The molecule has 1 aromatic rings. The molecule has 4 nitrogen and oxygen atoms in total. The number of carbonyl (C=O) groups excluding carboxylic acids is 1. The van der Waals surface area contributed by atoms with Gasteiger partial charge in [-0.1, -0.05) is 25.5 Å². The lowest BCUT2D eigenvalue weighted by Crippen LogP contribution is -2.28. The third-order valence-electron chi connectivity index (χ3n) is 3.51. The number of carbonyl (C=O) groups is 1. The van der Waals surface area contributed by atoms with Crippen LogP contribution in [0.1, 0.15) is 39.2 Å². The molecule has 20 heavy (non-hydrogen) atoms. The molecule has 0 aromatic heterocycles. The van der Waals surface area contributed by atoms with Crippen molar-refractivity contribution in [2.75, 3.05) is 6.61 Å². The SMILES string of the molecule is CCCCOc1ccc(/C=C2\NNC(=O)C2(C)C)cc1. The lowest BCUT2D eigenvalue weighted by molar-refractivity contribution is -0.125. The predicted molar refractivity (Wildman–Crippen MR) is 79.9 cm³/mol. The largest absolute Gasteiger partial charge is 0.494 e. The highest BCUT2D eigenvalue weighted by molar-refractivity contribution is 5.89. The van der Waals surface area contributed by atoms with Crippen molar-refractivity contribution in [2.45, 2.75) is 33.6 Å². The molecule has 0 bridgehead atoms. The number of unbranched alkanes of at least 4 members (excludes halogenated alkanes) is 1. The first kappa shape index (κ1) is 14.4. The molecule has 1 saturated heterocycles. The minimum Gasteiger partial charge on any atom is -0.494 e. The molecular weight excluding hydrogens is 252 g/mol. The lowest BCUT2D eigenvalue weighted by atomic mass is 9.89. The van der Waals surface area contributed by atoms with Gasteiger partial charge >= 0.3 is 0 Å². The smallest absolute Gasteiger partial charge is 0.249 e. The number of amides is 1. The van der Waals surface area contributed by atoms with E-state index in [4.69, 9.17) is 4.74 Å². The fourth-order valence-corrected chi connectivity index (χ4v) is 1.94. The average Bonchev–Trinajstić information content (AvgIpc) is 2.68. The number of nitrogens with one attached hydrogen (secondary N) is 2. The van der Waals surface area contributed by atoms with Crippen LogP contribution >= 0.6 is 0 Å². The zero-order valence-electron chi connectivity index (χ0n) is 12.3. The van der Waals surface area contributed by atoms with Gasteiger partial charge in [-0.15, -0.1) is 0 Å². The maximum absolute atomic E-state index is 11.7. The van der Waals surface area contributed by atoms with Crippen molar-refractivity contribution in [3.05, 3.63) is 35.5 Å². The number of hydrazine groups is 1. The number of benzene rings is 1. The molecule has 1 amide bonds. The molecule has 0 spiro atoms. The van der Waals surface area contributed by atoms with Crippen LogP contribution in [0.4, 0.5) is 0 Å². The van der Waals surface area contributed by atoms with Crippen LogP contribution in [-0.4, -0.2) is 12.5 Å². The second-order valence-corrected chi connectivity index (χ2v) is 5.53. The van der Waals surface area contributed by atoms with Gasteiger partial charge in [-0.05, 0) is 44.0 Å². The Hall–Kier alpha value is -1.97. The Balaban J connectivity index is 2.05. The van der Waals surface area contributed by atoms with Gasteiger partial charge < -0.3 is 10.2 Å². The van der Waals surface area contributed by atoms with Gasteiger partial charge in [0.05, 0.1) is 12.0 Å². The van der Waals surface area contributed by atoms with Crippen LogP contribution in [0.5, 0.6) is 5.75 Å². The van der Waals surface area contributed by atoms with E-state index >= 15 is 0 Å². The van der Waals surface area contributed by atoms with Gasteiger partial charge in [0.2, 0.25) is 5.91 Å². The van der Waals surface area contributed by atoms with E-state index in [1.165, 1.54) is 0 Å². The third kappa shape index (κ3) is 3.13. The van der Waals surface area contributed by atoms with Gasteiger partial charge in [-0.25, -0.2) is 0 Å². The first-order valence-electron chi connectivity index (χ1n) is 7.05. The van der Waals surface area contributed by atoms with Crippen molar-refractivity contribution >= 4 is 12.0 Å². The minimum atomic E-state index is -0.518. The van der Waals surface area contributed by atoms with Gasteiger partial charge in [-0.3, -0.25) is 10.2 Å². The maximum Gasteiger partial charge on any atom is 0.249 e. The molecule has 0 aliphatic carbocycles. The molecular formula is C16H22N2O2. The standard InChI is InChI=1S/C16H22N2O2/c1-4-5-10-20-13-8-6-12(7-9-13)11-14-16(2,3)15(19)18-17-14/h6-9,11,17H,4-5,10H2,1-3H3,(H,18,19)/b14-11-. The molecule has 1 aromatic carbocycles. The number of ether oxygens (including phenoxy) is 1. The molecule has 0 atom stereocenters. The number of rotatable bonds is 5. The zero-order valence-corrected chi connectivity index (χ0v) is 12.3. The van der Waals surface area contributed by atoms with Gasteiger partial charge in [0, 0.05) is 5.70 Å². The van der Waals surface area contributed by atoms with Gasteiger partial charge in [0.15, 0.2) is 0 Å². The summed E-state index contributed by atoms with van der Waals surface area (Å²) in [6, 6.07) is 7.90. The van der Waals surface area contributed by atoms with Crippen molar-refractivity contribution in [3.63, 3.8) is 0 Å². The first-order valence-corrected chi connectivity index (χ1v) is 7.05. The van der Waals surface area contributed by atoms with Crippen molar-refractivity contribution < 1.29 is 9.53 Å². The molecule has 1 aliphatic rings. The Kier molecular flexibility index (Phi) is 4.32. The predicted octanol–water partition coefficient (Wildman–Crippen LogP) is 2.87. The van der Waals surface area contributed by atoms with Gasteiger partial charge in [-0.2, -0.15) is 0 Å². The highest BCUT2D eigenvalue weighted by Gasteiger charge is 2.37. The van der Waals surface area contributed by atoms with Gasteiger partial charge in [0.1, 0.15) is 5.75 Å². The van der Waals surface area contributed by atoms with Crippen LogP contribution in [0.15, 0.2) is 30.0 Å². The summed E-state index contributed by atoms with van der Waals surface area (Å²) in [7, 11) is 0. The second kappa shape index (κ2) is 5.99. The third-order valence-corrected chi connectivity index (χ3v) is 3.51. The molecule has 1 fully saturated rings. The van der Waals surface area contributed by atoms with Crippen LogP contribution in [0.2, 0.25) is 0 Å². The lowest BCUT2D eigenvalue weighted by Gasteiger charge is -2.14. The van der Waals surface area contributed by atoms with Crippen LogP contribution in [0, 0.1) is 5.41 Å². The number of hydrogen-bond donors (Lipinski definition) is 2. The summed E-state index contributed by atoms with van der Waals surface area (Å²) in [5.41, 5.74) is 6.98. The molecule has 4 heteroatoms. The van der Waals surface area contributed by atoms with E-state index in [9.17, 15) is 4.79 Å². The highest BCUT2D eigenvalue weighted by Crippen LogP contribution is 2.29. The van der Waals surface area contributed by atoms with Crippen LogP contribution in [0.3, 0.4) is 0 Å². The van der Waals surface area contributed by atoms with Gasteiger partial charge in [0.25, 0.3) is 0 Å². The molecule has 1 heterocycles. The summed E-state index contributed by atoms with van der Waals surface area (Å²) in [5, 5.41) is 0. The average molecular weight is 274 g/mol. The molecule has 0 radical (unpaired) electrons. The fraction of sp³-hybridized carbons (Fsp3) is 0.438. The van der Waals surface area contributed by atoms with Crippen molar-refractivity contribution in [1.29, 1.82) is 0 Å². The Morgan fingerprint density at radius 3 is 2.45 bits per heavy atom. The molecule has 108 valence electrons. The van der Waals surface area contributed by atoms with Crippen LogP contribution in [0.25, 0.3) is 6.08 Å². The van der Waals surface area contributed by atoms with E-state index in [-0.39, 0.29) is 5.91 Å². The van der Waals surface area contributed by atoms with Crippen molar-refractivity contribution in [3.8, 4) is 5.75 Å². The Bertz CT molecular complexity index is 504. The van der Waals surface area contributed by atoms with Crippen LogP contribution in [-0.2, 0) is 4.79 Å². The van der Waals surface area contributed by atoms with Crippen LogP contribution < -0.4 is 15.6 Å². The topological polar surface area (TPSA) is 50.4 Å². The summed E-state index contributed by atoms with van der Waals surface area (Å²) >= 11 is 0. The quantitative estimate of drug-likeness (QED) is 0.812. The van der Waals surface area contributed by atoms with E-state index in [1.807, 2.05) is 44.2 Å². The first-order chi connectivity index (χ1) is 9.54. The van der Waals surface area contributed by atoms with Crippen molar-refractivity contribution in [1.82, 2.24) is 10.9 Å². The van der Waals surface area contributed by atoms with E-state index in [0.717, 1.165) is 36.5 Å². The Labute approximate surface area is 120 Å².